The van der Waals surface area contributed by atoms with E-state index in [4.69, 9.17) is 9.05 Å². The van der Waals surface area contributed by atoms with Crippen LogP contribution in [0.15, 0.2) is 30.3 Å². The summed E-state index contributed by atoms with van der Waals surface area (Å²) in [6, 6.07) is 8.54. The highest BCUT2D eigenvalue weighted by Gasteiger charge is 2.36. The summed E-state index contributed by atoms with van der Waals surface area (Å²) in [4.78, 5) is 9.89. The molecule has 20 heavy (non-hydrogen) atoms. The van der Waals surface area contributed by atoms with Gasteiger partial charge in [0.2, 0.25) is 0 Å². The van der Waals surface area contributed by atoms with Crippen LogP contribution in [0.25, 0.3) is 0 Å². The number of unbranched alkanes of at least 4 members (excludes halogenated alkanes) is 1. The SMILES string of the molecule is CCCCC(C)C(C)(C)OP(=O)(O)Oc1ccccc1. The lowest BCUT2D eigenvalue weighted by Gasteiger charge is -2.32. The fourth-order valence-corrected chi connectivity index (χ4v) is 3.08. The molecule has 2 atom stereocenters. The molecular weight excluding hydrogens is 275 g/mol. The minimum atomic E-state index is -4.12. The summed E-state index contributed by atoms with van der Waals surface area (Å²) in [6.45, 7) is 7.79. The molecule has 0 aliphatic carbocycles. The summed E-state index contributed by atoms with van der Waals surface area (Å²) in [5.41, 5.74) is -0.714. The third-order valence-electron chi connectivity index (χ3n) is 3.49. The highest BCUT2D eigenvalue weighted by molar-refractivity contribution is 7.47. The summed E-state index contributed by atoms with van der Waals surface area (Å²) >= 11 is 0. The fraction of sp³-hybridized carbons (Fsp3) is 0.600. The zero-order valence-electron chi connectivity index (χ0n) is 12.7. The maximum Gasteiger partial charge on any atom is 0.527 e. The molecule has 0 aliphatic heterocycles. The molecule has 0 spiro atoms. The second-order valence-electron chi connectivity index (χ2n) is 5.61. The van der Waals surface area contributed by atoms with Gasteiger partial charge in [-0.05, 0) is 38.3 Å². The van der Waals surface area contributed by atoms with Crippen LogP contribution in [-0.4, -0.2) is 10.5 Å². The summed E-state index contributed by atoms with van der Waals surface area (Å²) in [6.07, 6.45) is 3.12. The summed E-state index contributed by atoms with van der Waals surface area (Å²) < 4.78 is 22.5. The molecular formula is C15H25O4P. The van der Waals surface area contributed by atoms with E-state index in [1.807, 2.05) is 26.8 Å². The molecule has 0 amide bonds. The van der Waals surface area contributed by atoms with Gasteiger partial charge in [0.05, 0.1) is 5.60 Å². The average molecular weight is 300 g/mol. The number of rotatable bonds is 8. The summed E-state index contributed by atoms with van der Waals surface area (Å²) in [5.74, 6) is 0.498. The van der Waals surface area contributed by atoms with Gasteiger partial charge in [0.1, 0.15) is 5.75 Å². The second-order valence-corrected chi connectivity index (χ2v) is 6.91. The molecule has 1 N–H and O–H groups in total. The van der Waals surface area contributed by atoms with Crippen molar-refractivity contribution >= 4 is 7.82 Å². The lowest BCUT2D eigenvalue weighted by atomic mass is 9.88. The van der Waals surface area contributed by atoms with Gasteiger partial charge in [0, 0.05) is 0 Å². The number of para-hydroxylation sites is 1. The van der Waals surface area contributed by atoms with E-state index in [2.05, 4.69) is 6.92 Å². The molecule has 0 aliphatic rings. The first-order chi connectivity index (χ1) is 9.27. The normalized spacial score (nSPS) is 16.4. The lowest BCUT2D eigenvalue weighted by molar-refractivity contribution is 0.0193. The predicted octanol–water partition coefficient (Wildman–Crippen LogP) is 4.79. The average Bonchev–Trinajstić information content (AvgIpc) is 2.35. The van der Waals surface area contributed by atoms with Gasteiger partial charge in [-0.2, -0.15) is 0 Å². The van der Waals surface area contributed by atoms with Crippen molar-refractivity contribution in [1.29, 1.82) is 0 Å². The second kappa shape index (κ2) is 7.26. The highest BCUT2D eigenvalue weighted by atomic mass is 31.2. The Balaban J connectivity index is 2.66. The van der Waals surface area contributed by atoms with Crippen LogP contribution in [0.4, 0.5) is 0 Å². The molecule has 0 saturated heterocycles. The molecule has 0 saturated carbocycles. The maximum absolute atomic E-state index is 12.1. The first-order valence-electron chi connectivity index (χ1n) is 7.05. The van der Waals surface area contributed by atoms with Crippen molar-refractivity contribution in [3.8, 4) is 5.75 Å². The number of hydrogen-bond acceptors (Lipinski definition) is 3. The van der Waals surface area contributed by atoms with Crippen molar-refractivity contribution in [2.75, 3.05) is 0 Å². The van der Waals surface area contributed by atoms with E-state index in [9.17, 15) is 9.46 Å². The Hall–Kier alpha value is -0.830. The van der Waals surface area contributed by atoms with Gasteiger partial charge in [-0.25, -0.2) is 4.57 Å². The first-order valence-corrected chi connectivity index (χ1v) is 8.54. The van der Waals surface area contributed by atoms with Gasteiger partial charge in [-0.3, -0.25) is 9.42 Å². The largest absolute Gasteiger partial charge is 0.527 e. The van der Waals surface area contributed by atoms with E-state index >= 15 is 0 Å². The Bertz CT molecular complexity index is 444. The van der Waals surface area contributed by atoms with Gasteiger partial charge in [0.25, 0.3) is 0 Å². The van der Waals surface area contributed by atoms with E-state index in [1.165, 1.54) is 0 Å². The van der Waals surface area contributed by atoms with Crippen LogP contribution < -0.4 is 4.52 Å². The van der Waals surface area contributed by atoms with Crippen LogP contribution in [0.3, 0.4) is 0 Å². The quantitative estimate of drug-likeness (QED) is 0.701. The molecule has 0 radical (unpaired) electrons. The molecule has 4 nitrogen and oxygen atoms in total. The number of benzene rings is 1. The third-order valence-corrected chi connectivity index (χ3v) is 4.63. The Morgan fingerprint density at radius 3 is 2.45 bits per heavy atom. The standard InChI is InChI=1S/C15H25O4P/c1-5-6-10-13(2)15(3,4)19-20(16,17)18-14-11-8-7-9-12-14/h7-9,11-13H,5-6,10H2,1-4H3,(H,16,17). The predicted molar refractivity (Wildman–Crippen MR) is 80.7 cm³/mol. The van der Waals surface area contributed by atoms with Gasteiger partial charge >= 0.3 is 7.82 Å². The van der Waals surface area contributed by atoms with Gasteiger partial charge < -0.3 is 4.52 Å². The molecule has 0 bridgehead atoms. The fourth-order valence-electron chi connectivity index (χ4n) is 1.88. The zero-order valence-corrected chi connectivity index (χ0v) is 13.6. The molecule has 2 unspecified atom stereocenters. The molecule has 5 heteroatoms. The van der Waals surface area contributed by atoms with Crippen molar-refractivity contribution < 1.29 is 18.5 Å². The summed E-state index contributed by atoms with van der Waals surface area (Å²) in [7, 11) is -4.12. The van der Waals surface area contributed by atoms with Crippen LogP contribution >= 0.6 is 7.82 Å². The van der Waals surface area contributed by atoms with E-state index in [1.54, 1.807) is 24.3 Å². The van der Waals surface area contributed by atoms with Crippen LogP contribution in [0.1, 0.15) is 47.0 Å². The van der Waals surface area contributed by atoms with Crippen molar-refractivity contribution in [1.82, 2.24) is 0 Å². The number of hydrogen-bond donors (Lipinski definition) is 1. The molecule has 114 valence electrons. The number of phosphoric acid groups is 1. The topological polar surface area (TPSA) is 55.8 Å². The third kappa shape index (κ3) is 5.66. The van der Waals surface area contributed by atoms with Crippen LogP contribution in [0.2, 0.25) is 0 Å². The van der Waals surface area contributed by atoms with Crippen LogP contribution in [-0.2, 0) is 9.09 Å². The number of phosphoric ester groups is 1. The lowest BCUT2D eigenvalue weighted by Crippen LogP contribution is -2.32. The van der Waals surface area contributed by atoms with E-state index in [0.717, 1.165) is 19.3 Å². The minimum Gasteiger partial charge on any atom is -0.404 e. The minimum absolute atomic E-state index is 0.169. The van der Waals surface area contributed by atoms with Crippen LogP contribution in [0.5, 0.6) is 5.75 Å². The molecule has 1 aromatic rings. The van der Waals surface area contributed by atoms with Crippen molar-refractivity contribution in [2.24, 2.45) is 5.92 Å². The van der Waals surface area contributed by atoms with Gasteiger partial charge in [0.15, 0.2) is 0 Å². The smallest absolute Gasteiger partial charge is 0.404 e. The van der Waals surface area contributed by atoms with Crippen molar-refractivity contribution in [3.63, 3.8) is 0 Å². The van der Waals surface area contributed by atoms with Gasteiger partial charge in [-0.1, -0.05) is 44.9 Å². The van der Waals surface area contributed by atoms with Crippen molar-refractivity contribution in [2.45, 2.75) is 52.6 Å². The van der Waals surface area contributed by atoms with Crippen molar-refractivity contribution in [3.05, 3.63) is 30.3 Å². The first kappa shape index (κ1) is 17.2. The van der Waals surface area contributed by atoms with Gasteiger partial charge in [-0.15, -0.1) is 0 Å². The Labute approximate surface area is 121 Å². The summed E-state index contributed by atoms with van der Waals surface area (Å²) in [5, 5.41) is 0. The monoisotopic (exact) mass is 300 g/mol. The van der Waals surface area contributed by atoms with E-state index < -0.39 is 13.4 Å². The Kier molecular flexibility index (Phi) is 6.25. The molecule has 1 rings (SSSR count). The Morgan fingerprint density at radius 1 is 1.30 bits per heavy atom. The molecule has 0 aromatic heterocycles. The highest BCUT2D eigenvalue weighted by Crippen LogP contribution is 2.49. The maximum atomic E-state index is 12.1. The molecule has 1 aromatic carbocycles. The Morgan fingerprint density at radius 2 is 1.90 bits per heavy atom. The molecule has 0 fully saturated rings. The van der Waals surface area contributed by atoms with E-state index in [0.29, 0.717) is 5.75 Å². The molecule has 0 heterocycles. The van der Waals surface area contributed by atoms with Crippen LogP contribution in [0, 0.1) is 5.92 Å². The van der Waals surface area contributed by atoms with E-state index in [-0.39, 0.29) is 5.92 Å². The zero-order chi connectivity index (χ0) is 15.2.